The molecule has 11 nitrogen and oxygen atoms in total. The molecule has 1 aliphatic heterocycles. The van der Waals surface area contributed by atoms with Gasteiger partial charge in [0, 0.05) is 12.0 Å². The second-order valence-corrected chi connectivity index (χ2v) is 12.5. The molecule has 7 rings (SSSR count). The predicted molar refractivity (Wildman–Crippen MR) is 190 cm³/mol. The first-order valence-corrected chi connectivity index (χ1v) is 16.7. The number of carbonyl (C=O) groups excluding carboxylic acids is 1. The fraction of sp³-hybridized carbons (Fsp3) is 0.211. The van der Waals surface area contributed by atoms with Crippen molar-refractivity contribution >= 4 is 38.7 Å². The summed E-state index contributed by atoms with van der Waals surface area (Å²) in [6.07, 6.45) is -2.86. The van der Waals surface area contributed by atoms with Crippen molar-refractivity contribution in [1.82, 2.24) is 19.5 Å². The number of hydrogen-bond acceptors (Lipinski definition) is 10. The summed E-state index contributed by atoms with van der Waals surface area (Å²) < 4.78 is 27.0. The Hall–Kier alpha value is -5.14. The Labute approximate surface area is 296 Å². The number of benzene rings is 4. The number of rotatable bonds is 11. The molecule has 0 aliphatic carbocycles. The largest absolute Gasteiger partial charge is 0.497 e. The average molecular weight is 737 g/mol. The first kappa shape index (κ1) is 33.4. The Bertz CT molecular complexity index is 2050. The molecule has 6 aromatic rings. The number of carbonyl (C=O) groups is 1. The lowest BCUT2D eigenvalue weighted by atomic mass is 9.79. The van der Waals surface area contributed by atoms with Gasteiger partial charge in [0.05, 0.1) is 20.3 Å². The molecule has 1 saturated heterocycles. The molecule has 1 unspecified atom stereocenters. The normalized spacial score (nSPS) is 18.2. The maximum Gasteiger partial charge on any atom is 0.194 e. The van der Waals surface area contributed by atoms with Crippen molar-refractivity contribution in [3.63, 3.8) is 0 Å². The monoisotopic (exact) mass is 735 g/mol. The van der Waals surface area contributed by atoms with Crippen LogP contribution in [-0.4, -0.2) is 62.9 Å². The Kier molecular flexibility index (Phi) is 9.34. The molecular formula is C38H34BrN5O6. The number of nitrogens with zero attached hydrogens (tertiary/aromatic N) is 4. The van der Waals surface area contributed by atoms with Crippen molar-refractivity contribution in [2.24, 2.45) is 0 Å². The van der Waals surface area contributed by atoms with Gasteiger partial charge in [-0.05, 0) is 56.9 Å². The Morgan fingerprint density at radius 1 is 0.880 bits per heavy atom. The molecule has 254 valence electrons. The molecule has 1 aliphatic rings. The van der Waals surface area contributed by atoms with Gasteiger partial charge in [-0.25, -0.2) is 15.0 Å². The van der Waals surface area contributed by atoms with Crippen LogP contribution in [0.4, 0.5) is 5.82 Å². The highest BCUT2D eigenvalue weighted by Crippen LogP contribution is 2.45. The number of halogens is 1. The Morgan fingerprint density at radius 2 is 1.44 bits per heavy atom. The third kappa shape index (κ3) is 6.00. The second kappa shape index (κ2) is 14.0. The molecule has 3 N–H and O–H groups in total. The number of anilines is 1. The van der Waals surface area contributed by atoms with E-state index < -0.39 is 30.1 Å². The number of ether oxygens (including phenoxy) is 4. The van der Waals surface area contributed by atoms with Gasteiger partial charge in [-0.2, -0.15) is 0 Å². The number of nitrogens with two attached hydrogens (primary N) is 1. The van der Waals surface area contributed by atoms with Gasteiger partial charge in [0.15, 0.2) is 33.6 Å². The molecule has 0 bridgehead atoms. The molecule has 50 heavy (non-hydrogen) atoms. The lowest BCUT2D eigenvalue weighted by Crippen LogP contribution is -2.48. The average Bonchev–Trinajstić information content (AvgIpc) is 3.71. The van der Waals surface area contributed by atoms with Crippen LogP contribution in [0.2, 0.25) is 0 Å². The van der Waals surface area contributed by atoms with Crippen molar-refractivity contribution in [3.8, 4) is 11.5 Å². The summed E-state index contributed by atoms with van der Waals surface area (Å²) in [4.78, 5) is 27.7. The number of aliphatic hydroxyl groups excluding tert-OH is 1. The van der Waals surface area contributed by atoms with Gasteiger partial charge >= 0.3 is 0 Å². The van der Waals surface area contributed by atoms with E-state index in [1.165, 1.54) is 6.33 Å². The first-order valence-electron chi connectivity index (χ1n) is 15.9. The van der Waals surface area contributed by atoms with Crippen molar-refractivity contribution in [1.29, 1.82) is 0 Å². The third-order valence-electron chi connectivity index (χ3n) is 8.98. The van der Waals surface area contributed by atoms with E-state index in [1.54, 1.807) is 43.1 Å². The molecule has 1 fully saturated rings. The van der Waals surface area contributed by atoms with E-state index in [9.17, 15) is 9.90 Å². The molecule has 3 heterocycles. The van der Waals surface area contributed by atoms with Crippen LogP contribution in [0.25, 0.3) is 11.2 Å². The SMILES string of the molecule is COc1ccc(C(OC(C(=O)c2ccccc2)[C@H]2O[C@@H](n3c(Br)nc4c(N)ncnc43)C[C@@H]2O)(c2ccccc2)c2ccc(OC)cc2)cc1. The lowest BCUT2D eigenvalue weighted by Gasteiger charge is -2.40. The first-order chi connectivity index (χ1) is 24.3. The van der Waals surface area contributed by atoms with E-state index in [-0.39, 0.29) is 18.0 Å². The molecular weight excluding hydrogens is 702 g/mol. The summed E-state index contributed by atoms with van der Waals surface area (Å²) in [6.45, 7) is 0. The molecule has 2 aromatic heterocycles. The smallest absolute Gasteiger partial charge is 0.194 e. The zero-order chi connectivity index (χ0) is 34.8. The highest BCUT2D eigenvalue weighted by Gasteiger charge is 2.50. The highest BCUT2D eigenvalue weighted by molar-refractivity contribution is 9.10. The standard InChI is InChI=1S/C38H34BrN5O6/c1-47-27-17-13-25(14-18-27)38(24-11-7-4-8-12-24,26-15-19-28(48-2)20-16-26)50-34(32(46)23-9-5-3-6-10-23)33-29(45)21-30(49-33)44-36-31(43-37(44)39)35(40)41-22-42-36/h3-20,22,29-30,33-34,45H,21H2,1-2H3,(H2,40,41,42)/t29-,30+,33-,34?/m0/s1. The van der Waals surface area contributed by atoms with E-state index in [4.69, 9.17) is 24.7 Å². The van der Waals surface area contributed by atoms with Gasteiger partial charge < -0.3 is 29.8 Å². The number of methoxy groups -OCH3 is 2. The highest BCUT2D eigenvalue weighted by atomic mass is 79.9. The number of hydrogen-bond donors (Lipinski definition) is 2. The number of aliphatic hydroxyl groups is 1. The van der Waals surface area contributed by atoms with Gasteiger partial charge in [-0.15, -0.1) is 0 Å². The lowest BCUT2D eigenvalue weighted by molar-refractivity contribution is -0.126. The molecule has 0 spiro atoms. The minimum absolute atomic E-state index is 0.115. The summed E-state index contributed by atoms with van der Waals surface area (Å²) in [5.41, 5.74) is 8.12. The zero-order valence-electron chi connectivity index (χ0n) is 27.2. The number of fused-ring (bicyclic) bond motifs is 1. The molecule has 12 heteroatoms. The number of nitrogen functional groups attached to an aromatic ring is 1. The van der Waals surface area contributed by atoms with E-state index >= 15 is 0 Å². The molecule has 0 saturated carbocycles. The molecule has 4 atom stereocenters. The topological polar surface area (TPSA) is 144 Å². The fourth-order valence-corrected chi connectivity index (χ4v) is 7.09. The summed E-state index contributed by atoms with van der Waals surface area (Å²) >= 11 is 3.51. The predicted octanol–water partition coefficient (Wildman–Crippen LogP) is 6.10. The van der Waals surface area contributed by atoms with Crippen LogP contribution in [0, 0.1) is 0 Å². The Morgan fingerprint density at radius 3 is 2.02 bits per heavy atom. The minimum atomic E-state index is -1.37. The van der Waals surface area contributed by atoms with Gasteiger partial charge in [0.1, 0.15) is 35.8 Å². The van der Waals surface area contributed by atoms with Crippen LogP contribution >= 0.6 is 15.9 Å². The van der Waals surface area contributed by atoms with Gasteiger partial charge in [-0.1, -0.05) is 84.9 Å². The van der Waals surface area contributed by atoms with Crippen LogP contribution in [0.15, 0.2) is 120 Å². The third-order valence-corrected chi connectivity index (χ3v) is 9.54. The number of Topliss-reactive ketones (excluding diaryl/α,β-unsaturated/α-hetero) is 1. The van der Waals surface area contributed by atoms with Gasteiger partial charge in [0.2, 0.25) is 0 Å². The van der Waals surface area contributed by atoms with E-state index in [2.05, 4.69) is 30.9 Å². The van der Waals surface area contributed by atoms with Crippen LogP contribution in [0.5, 0.6) is 11.5 Å². The van der Waals surface area contributed by atoms with Crippen LogP contribution in [0.3, 0.4) is 0 Å². The van der Waals surface area contributed by atoms with E-state index in [0.29, 0.717) is 33.0 Å². The summed E-state index contributed by atoms with van der Waals surface area (Å²) in [5, 5.41) is 11.8. The van der Waals surface area contributed by atoms with Gasteiger partial charge in [0.25, 0.3) is 0 Å². The van der Waals surface area contributed by atoms with Crippen molar-refractivity contribution in [3.05, 3.63) is 143 Å². The number of ketones is 1. The Balaban J connectivity index is 1.41. The van der Waals surface area contributed by atoms with E-state index in [1.807, 2.05) is 84.9 Å². The molecule has 4 aromatic carbocycles. The molecule has 0 radical (unpaired) electrons. The van der Waals surface area contributed by atoms with Crippen LogP contribution in [0.1, 0.15) is 39.7 Å². The zero-order valence-corrected chi connectivity index (χ0v) is 28.8. The van der Waals surface area contributed by atoms with Crippen molar-refractivity contribution in [2.75, 3.05) is 20.0 Å². The van der Waals surface area contributed by atoms with Crippen LogP contribution < -0.4 is 15.2 Å². The fourth-order valence-electron chi connectivity index (χ4n) is 6.52. The summed E-state index contributed by atoms with van der Waals surface area (Å²) in [6, 6.07) is 33.5. The number of aromatic nitrogens is 4. The maximum atomic E-state index is 14.7. The van der Waals surface area contributed by atoms with Crippen LogP contribution in [-0.2, 0) is 15.1 Å². The van der Waals surface area contributed by atoms with Crippen molar-refractivity contribution < 1.29 is 28.8 Å². The summed E-state index contributed by atoms with van der Waals surface area (Å²) in [7, 11) is 3.21. The van der Waals surface area contributed by atoms with Crippen molar-refractivity contribution in [2.45, 2.75) is 36.6 Å². The summed E-state index contributed by atoms with van der Waals surface area (Å²) in [5.74, 6) is 1.15. The second-order valence-electron chi connectivity index (χ2n) is 11.8. The quantitative estimate of drug-likeness (QED) is 0.0911. The minimum Gasteiger partial charge on any atom is -0.497 e. The number of imidazole rings is 1. The van der Waals surface area contributed by atoms with Gasteiger partial charge in [-0.3, -0.25) is 9.36 Å². The maximum absolute atomic E-state index is 14.7. The van der Waals surface area contributed by atoms with E-state index in [0.717, 1.165) is 16.7 Å². The molecule has 0 amide bonds.